The maximum absolute atomic E-state index is 9.19. The van der Waals surface area contributed by atoms with Crippen LogP contribution >= 0.6 is 0 Å². The van der Waals surface area contributed by atoms with Crippen molar-refractivity contribution in [2.24, 2.45) is 0 Å². The van der Waals surface area contributed by atoms with Crippen molar-refractivity contribution in [2.45, 2.75) is 38.8 Å². The topological polar surface area (TPSA) is 88.1 Å². The normalized spacial score (nSPS) is 17.8. The molecule has 0 spiro atoms. The van der Waals surface area contributed by atoms with Crippen molar-refractivity contribution in [3.8, 4) is 11.5 Å². The van der Waals surface area contributed by atoms with Gasteiger partial charge in [-0.3, -0.25) is 9.45 Å². The average molecular weight is 473 g/mol. The summed E-state index contributed by atoms with van der Waals surface area (Å²) in [5.41, 5.74) is 4.17. The smallest absolute Gasteiger partial charge is 0.261 e. The molecule has 2 N–H and O–H groups in total. The van der Waals surface area contributed by atoms with Crippen LogP contribution in [0.1, 0.15) is 30.9 Å². The lowest BCUT2D eigenvalue weighted by Gasteiger charge is -2.33. The van der Waals surface area contributed by atoms with Crippen molar-refractivity contribution in [1.29, 1.82) is 0 Å². The number of hydrogen-bond donors (Lipinski definition) is 2. The molecular weight excluding hydrogens is 440 g/mol. The Bertz CT molecular complexity index is 1280. The number of ether oxygens (including phenoxy) is 2. The SMILES string of the molecule is CCNc1ccc2c3c(c4cc(OC)c(OC)cc4c2c1)CN1CCC[C@H]1C3.CS(=O)(=O)O. The second-order valence-corrected chi connectivity index (χ2v) is 10.2. The minimum atomic E-state index is -3.67. The first-order chi connectivity index (χ1) is 15.7. The molecule has 1 fully saturated rings. The van der Waals surface area contributed by atoms with E-state index in [1.165, 1.54) is 57.7 Å². The first-order valence-electron chi connectivity index (χ1n) is 11.3. The molecule has 0 aliphatic carbocycles. The Balaban J connectivity index is 0.000000471. The average Bonchev–Trinajstić information content (AvgIpc) is 3.23. The third-order valence-electron chi connectivity index (χ3n) is 6.53. The van der Waals surface area contributed by atoms with Gasteiger partial charge in [0.15, 0.2) is 11.5 Å². The standard InChI is InChI=1S/C24H28N2O2.CH4O3S/c1-4-25-15-7-8-17-18(10-15)20-12-23(27-2)24(28-3)13-21(20)22-14-26-9-5-6-16(26)11-19(17)22;1-5(2,3)4/h7-8,10,12-13,16,25H,4-6,9,11,14H2,1-3H3;1H3,(H,2,3,4)/t16-;/m0./s1. The van der Waals surface area contributed by atoms with Crippen molar-refractivity contribution >= 4 is 37.4 Å². The Kier molecular flexibility index (Phi) is 6.70. The van der Waals surface area contributed by atoms with E-state index in [0.29, 0.717) is 12.3 Å². The summed E-state index contributed by atoms with van der Waals surface area (Å²) < 4.78 is 37.1. The lowest BCUT2D eigenvalue weighted by Crippen LogP contribution is -2.35. The monoisotopic (exact) mass is 472 g/mol. The van der Waals surface area contributed by atoms with Crippen LogP contribution in [0.3, 0.4) is 0 Å². The Morgan fingerprint density at radius 1 is 1.03 bits per heavy atom. The molecule has 0 amide bonds. The summed E-state index contributed by atoms with van der Waals surface area (Å²) in [5, 5.41) is 8.72. The van der Waals surface area contributed by atoms with Gasteiger partial charge in [-0.15, -0.1) is 0 Å². The molecule has 1 saturated heterocycles. The van der Waals surface area contributed by atoms with E-state index in [1.807, 2.05) is 0 Å². The molecular formula is C25H32N2O5S. The summed E-state index contributed by atoms with van der Waals surface area (Å²) in [7, 11) is -0.236. The van der Waals surface area contributed by atoms with Crippen molar-refractivity contribution in [3.05, 3.63) is 41.5 Å². The van der Waals surface area contributed by atoms with Crippen LogP contribution in [0.5, 0.6) is 11.5 Å². The molecule has 33 heavy (non-hydrogen) atoms. The molecule has 7 nitrogen and oxygen atoms in total. The number of hydrogen-bond acceptors (Lipinski definition) is 6. The number of nitrogens with zero attached hydrogens (tertiary/aromatic N) is 1. The first kappa shape index (κ1) is 23.6. The van der Waals surface area contributed by atoms with Gasteiger partial charge in [0.1, 0.15) is 0 Å². The van der Waals surface area contributed by atoms with Crippen molar-refractivity contribution in [2.75, 3.05) is 38.9 Å². The van der Waals surface area contributed by atoms with Gasteiger partial charge in [0.2, 0.25) is 0 Å². The molecule has 2 aliphatic rings. The number of anilines is 1. The van der Waals surface area contributed by atoms with E-state index in [4.69, 9.17) is 14.0 Å². The van der Waals surface area contributed by atoms with Crippen LogP contribution in [-0.4, -0.2) is 57.5 Å². The Hall–Kier alpha value is -2.55. The Morgan fingerprint density at radius 3 is 2.30 bits per heavy atom. The lowest BCUT2D eigenvalue weighted by molar-refractivity contribution is 0.229. The zero-order chi connectivity index (χ0) is 23.8. The second kappa shape index (κ2) is 9.37. The van der Waals surface area contributed by atoms with E-state index in [2.05, 4.69) is 47.5 Å². The molecule has 2 heterocycles. The van der Waals surface area contributed by atoms with E-state index in [-0.39, 0.29) is 0 Å². The number of nitrogens with one attached hydrogen (secondary N) is 1. The van der Waals surface area contributed by atoms with E-state index in [1.54, 1.807) is 14.2 Å². The van der Waals surface area contributed by atoms with Gasteiger partial charge >= 0.3 is 0 Å². The molecule has 0 bridgehead atoms. The third kappa shape index (κ3) is 4.88. The van der Waals surface area contributed by atoms with Gasteiger partial charge in [-0.05, 0) is 89.7 Å². The molecule has 8 heteroatoms. The van der Waals surface area contributed by atoms with Crippen molar-refractivity contribution < 1.29 is 22.4 Å². The van der Waals surface area contributed by atoms with Crippen LogP contribution in [0.4, 0.5) is 5.69 Å². The maximum Gasteiger partial charge on any atom is 0.261 e. The van der Waals surface area contributed by atoms with Crippen LogP contribution in [0.25, 0.3) is 21.5 Å². The zero-order valence-electron chi connectivity index (χ0n) is 19.6. The summed E-state index contributed by atoms with van der Waals surface area (Å²) in [6.07, 6.45) is 4.50. The lowest BCUT2D eigenvalue weighted by atomic mass is 9.85. The molecule has 1 atom stereocenters. The Labute approximate surface area is 195 Å². The predicted molar refractivity (Wildman–Crippen MR) is 133 cm³/mol. The summed E-state index contributed by atoms with van der Waals surface area (Å²) in [6.45, 7) is 5.31. The number of fused-ring (bicyclic) bond motifs is 7. The van der Waals surface area contributed by atoms with Gasteiger partial charge in [-0.1, -0.05) is 6.07 Å². The van der Waals surface area contributed by atoms with E-state index in [0.717, 1.165) is 31.0 Å². The molecule has 0 saturated carbocycles. The van der Waals surface area contributed by atoms with Gasteiger partial charge in [0, 0.05) is 24.8 Å². The van der Waals surface area contributed by atoms with Crippen molar-refractivity contribution in [3.63, 3.8) is 0 Å². The second-order valence-electron chi connectivity index (χ2n) is 8.70. The fourth-order valence-electron chi connectivity index (χ4n) is 5.21. The Morgan fingerprint density at radius 2 is 1.67 bits per heavy atom. The predicted octanol–water partition coefficient (Wildman–Crippen LogP) is 4.47. The molecule has 0 aromatic heterocycles. The maximum atomic E-state index is 9.19. The largest absolute Gasteiger partial charge is 0.493 e. The highest BCUT2D eigenvalue weighted by Gasteiger charge is 2.32. The minimum Gasteiger partial charge on any atom is -0.493 e. The molecule has 2 aliphatic heterocycles. The van der Waals surface area contributed by atoms with Gasteiger partial charge in [0.25, 0.3) is 10.1 Å². The number of rotatable bonds is 4. The van der Waals surface area contributed by atoms with Crippen LogP contribution < -0.4 is 14.8 Å². The molecule has 3 aromatic carbocycles. The first-order valence-corrected chi connectivity index (χ1v) is 13.1. The van der Waals surface area contributed by atoms with Crippen molar-refractivity contribution in [1.82, 2.24) is 4.90 Å². The molecule has 0 radical (unpaired) electrons. The van der Waals surface area contributed by atoms with Gasteiger partial charge in [0.05, 0.1) is 20.5 Å². The highest BCUT2D eigenvalue weighted by atomic mass is 32.2. The summed E-state index contributed by atoms with van der Waals surface area (Å²) in [4.78, 5) is 2.66. The highest BCUT2D eigenvalue weighted by Crippen LogP contribution is 2.44. The third-order valence-corrected chi connectivity index (χ3v) is 6.53. The van der Waals surface area contributed by atoms with E-state index >= 15 is 0 Å². The van der Waals surface area contributed by atoms with E-state index in [9.17, 15) is 8.42 Å². The number of benzene rings is 3. The van der Waals surface area contributed by atoms with Gasteiger partial charge < -0.3 is 14.8 Å². The van der Waals surface area contributed by atoms with Crippen LogP contribution in [0, 0.1) is 0 Å². The van der Waals surface area contributed by atoms with Gasteiger partial charge in [-0.25, -0.2) is 0 Å². The highest BCUT2D eigenvalue weighted by molar-refractivity contribution is 7.85. The molecule has 178 valence electrons. The molecule has 0 unspecified atom stereocenters. The minimum absolute atomic E-state index is 0.696. The summed E-state index contributed by atoms with van der Waals surface area (Å²) in [6, 6.07) is 11.9. The fraction of sp³-hybridized carbons (Fsp3) is 0.440. The van der Waals surface area contributed by atoms with E-state index < -0.39 is 10.1 Å². The molecule has 3 aromatic rings. The zero-order valence-corrected chi connectivity index (χ0v) is 20.5. The van der Waals surface area contributed by atoms with Crippen LogP contribution in [0.2, 0.25) is 0 Å². The summed E-state index contributed by atoms with van der Waals surface area (Å²) >= 11 is 0. The van der Waals surface area contributed by atoms with Crippen LogP contribution in [-0.2, 0) is 23.1 Å². The van der Waals surface area contributed by atoms with Crippen LogP contribution in [0.15, 0.2) is 30.3 Å². The van der Waals surface area contributed by atoms with Gasteiger partial charge in [-0.2, -0.15) is 8.42 Å². The number of methoxy groups -OCH3 is 2. The fourth-order valence-corrected chi connectivity index (χ4v) is 5.21. The summed E-state index contributed by atoms with van der Waals surface area (Å²) in [5.74, 6) is 1.60. The quantitative estimate of drug-likeness (QED) is 0.428. The molecule has 5 rings (SSSR count).